The van der Waals surface area contributed by atoms with Crippen LogP contribution in [-0.2, 0) is 21.2 Å². The largest absolute Gasteiger partial charge is 0.360 e. The summed E-state index contributed by atoms with van der Waals surface area (Å²) >= 11 is 0. The Morgan fingerprint density at radius 1 is 1.00 bits per heavy atom. The van der Waals surface area contributed by atoms with E-state index in [1.807, 2.05) is 24.3 Å². The van der Waals surface area contributed by atoms with Crippen LogP contribution in [0.5, 0.6) is 0 Å². The fourth-order valence-corrected chi connectivity index (χ4v) is 3.29. The summed E-state index contributed by atoms with van der Waals surface area (Å²) in [5.74, 6) is -0.638. The van der Waals surface area contributed by atoms with Gasteiger partial charge in [-0.3, -0.25) is 9.59 Å². The predicted molar refractivity (Wildman–Crippen MR) is 105 cm³/mol. The number of fused-ring (bicyclic) bond motifs is 1. The highest BCUT2D eigenvalue weighted by atomic mass is 32.2. The normalized spacial score (nSPS) is 11.3. The zero-order valence-corrected chi connectivity index (χ0v) is 15.8. The number of carbonyl (C=O) groups is 2. The molecule has 28 heavy (non-hydrogen) atoms. The Morgan fingerprint density at radius 2 is 1.71 bits per heavy atom. The highest BCUT2D eigenvalue weighted by molar-refractivity contribution is 7.89. The van der Waals surface area contributed by atoms with Gasteiger partial charge in [-0.05, 0) is 30.2 Å². The average molecular weight is 400 g/mol. The molecular formula is C19H20N4O4S. The van der Waals surface area contributed by atoms with E-state index < -0.39 is 10.0 Å². The highest BCUT2D eigenvalue weighted by Crippen LogP contribution is 2.17. The molecular weight excluding hydrogens is 380 g/mol. The second-order valence-corrected chi connectivity index (χ2v) is 7.78. The van der Waals surface area contributed by atoms with E-state index in [1.54, 1.807) is 18.3 Å². The average Bonchev–Trinajstić information content (AvgIpc) is 3.10. The van der Waals surface area contributed by atoms with E-state index in [0.29, 0.717) is 18.5 Å². The zero-order chi connectivity index (χ0) is 20.1. The lowest BCUT2D eigenvalue weighted by Gasteiger charge is -2.07. The zero-order valence-electron chi connectivity index (χ0n) is 14.9. The Morgan fingerprint density at radius 3 is 2.43 bits per heavy atom. The summed E-state index contributed by atoms with van der Waals surface area (Å²) in [7, 11) is -3.71. The monoisotopic (exact) mass is 400 g/mol. The van der Waals surface area contributed by atoms with E-state index in [0.717, 1.165) is 16.5 Å². The van der Waals surface area contributed by atoms with Crippen LogP contribution in [0.4, 0.5) is 0 Å². The summed E-state index contributed by atoms with van der Waals surface area (Å²) in [5, 5.41) is 11.2. The molecule has 0 bridgehead atoms. The number of para-hydroxylation sites is 1. The molecule has 146 valence electrons. The van der Waals surface area contributed by atoms with Crippen molar-refractivity contribution in [2.24, 2.45) is 5.14 Å². The lowest BCUT2D eigenvalue weighted by molar-refractivity contribution is -0.120. The molecule has 0 aliphatic carbocycles. The van der Waals surface area contributed by atoms with Gasteiger partial charge in [0.15, 0.2) is 0 Å². The molecule has 0 spiro atoms. The van der Waals surface area contributed by atoms with Crippen LogP contribution in [0.15, 0.2) is 59.6 Å². The molecule has 3 aromatic rings. The second-order valence-electron chi connectivity index (χ2n) is 6.22. The number of hydrogen-bond acceptors (Lipinski definition) is 4. The van der Waals surface area contributed by atoms with Gasteiger partial charge in [-0.2, -0.15) is 0 Å². The minimum absolute atomic E-state index is 0.0419. The summed E-state index contributed by atoms with van der Waals surface area (Å²) in [6.07, 6.45) is 2.14. The number of H-pyrrole nitrogens is 1. The Bertz CT molecular complexity index is 1100. The summed E-state index contributed by atoms with van der Waals surface area (Å²) in [5.41, 5.74) is 2.19. The van der Waals surface area contributed by atoms with E-state index >= 15 is 0 Å². The van der Waals surface area contributed by atoms with Crippen LogP contribution in [0.2, 0.25) is 0 Å². The van der Waals surface area contributed by atoms with Crippen molar-refractivity contribution in [1.29, 1.82) is 0 Å². The van der Waals surface area contributed by atoms with Crippen molar-refractivity contribution in [3.05, 3.63) is 65.9 Å². The number of carbonyl (C=O) groups excluding carboxylic acids is 2. The number of sulfonamides is 1. The Balaban J connectivity index is 1.45. The van der Waals surface area contributed by atoms with Crippen LogP contribution in [0, 0.1) is 0 Å². The van der Waals surface area contributed by atoms with Crippen molar-refractivity contribution in [1.82, 2.24) is 15.6 Å². The lowest BCUT2D eigenvalue weighted by atomic mass is 10.1. The topological polar surface area (TPSA) is 134 Å². The first-order valence-corrected chi connectivity index (χ1v) is 10.1. The van der Waals surface area contributed by atoms with Crippen molar-refractivity contribution < 1.29 is 18.0 Å². The SMILES string of the molecule is NS(=O)(=O)c1ccc(CCNC(=O)CNC(=O)c2c[nH]c3ccccc23)cc1. The van der Waals surface area contributed by atoms with Gasteiger partial charge in [0.25, 0.3) is 5.91 Å². The molecule has 0 saturated carbocycles. The molecule has 5 N–H and O–H groups in total. The van der Waals surface area contributed by atoms with E-state index in [4.69, 9.17) is 5.14 Å². The molecule has 0 aliphatic heterocycles. The summed E-state index contributed by atoms with van der Waals surface area (Å²) in [4.78, 5) is 27.2. The smallest absolute Gasteiger partial charge is 0.253 e. The molecule has 9 heteroatoms. The van der Waals surface area contributed by atoms with Gasteiger partial charge in [-0.25, -0.2) is 13.6 Å². The maximum Gasteiger partial charge on any atom is 0.253 e. The number of hydrogen-bond donors (Lipinski definition) is 4. The number of nitrogens with two attached hydrogens (primary N) is 1. The van der Waals surface area contributed by atoms with Gasteiger partial charge in [0.05, 0.1) is 17.0 Å². The lowest BCUT2D eigenvalue weighted by Crippen LogP contribution is -2.37. The quantitative estimate of drug-likeness (QED) is 0.469. The van der Waals surface area contributed by atoms with Crippen LogP contribution in [0.3, 0.4) is 0 Å². The van der Waals surface area contributed by atoms with E-state index in [1.165, 1.54) is 12.1 Å². The van der Waals surface area contributed by atoms with Crippen LogP contribution in [0.1, 0.15) is 15.9 Å². The van der Waals surface area contributed by atoms with Crippen LogP contribution >= 0.6 is 0 Å². The number of amides is 2. The number of aromatic amines is 1. The number of aromatic nitrogens is 1. The molecule has 2 aromatic carbocycles. The van der Waals surface area contributed by atoms with Crippen molar-refractivity contribution in [3.63, 3.8) is 0 Å². The minimum atomic E-state index is -3.71. The standard InChI is InChI=1S/C19H20N4O4S/c20-28(26,27)14-7-5-13(6-8-14)9-10-21-18(24)12-23-19(25)16-11-22-17-4-2-1-3-15(16)17/h1-8,11,22H,9-10,12H2,(H,21,24)(H,23,25)(H2,20,26,27). The third-order valence-corrected chi connectivity index (χ3v) is 5.16. The third-order valence-electron chi connectivity index (χ3n) is 4.23. The van der Waals surface area contributed by atoms with Crippen molar-refractivity contribution in [3.8, 4) is 0 Å². The van der Waals surface area contributed by atoms with E-state index in [2.05, 4.69) is 15.6 Å². The fraction of sp³-hybridized carbons (Fsp3) is 0.158. The molecule has 1 heterocycles. The van der Waals surface area contributed by atoms with Gasteiger partial charge >= 0.3 is 0 Å². The molecule has 1 aromatic heterocycles. The first-order valence-electron chi connectivity index (χ1n) is 8.57. The molecule has 8 nitrogen and oxygen atoms in total. The summed E-state index contributed by atoms with van der Waals surface area (Å²) < 4.78 is 22.4. The third kappa shape index (κ3) is 4.76. The van der Waals surface area contributed by atoms with Gasteiger partial charge in [0.2, 0.25) is 15.9 Å². The number of benzene rings is 2. The first kappa shape index (κ1) is 19.6. The molecule has 0 atom stereocenters. The fourth-order valence-electron chi connectivity index (χ4n) is 2.77. The predicted octanol–water partition coefficient (Wildman–Crippen LogP) is 0.904. The van der Waals surface area contributed by atoms with Gasteiger partial charge in [0.1, 0.15) is 0 Å². The van der Waals surface area contributed by atoms with Crippen molar-refractivity contribution in [2.75, 3.05) is 13.1 Å². The Hall–Kier alpha value is -3.17. The maximum absolute atomic E-state index is 12.3. The van der Waals surface area contributed by atoms with E-state index in [-0.39, 0.29) is 23.3 Å². The van der Waals surface area contributed by atoms with Gasteiger partial charge in [-0.1, -0.05) is 30.3 Å². The number of primary sulfonamides is 1. The molecule has 0 unspecified atom stereocenters. The molecule has 0 fully saturated rings. The number of rotatable bonds is 7. The first-order chi connectivity index (χ1) is 13.3. The maximum atomic E-state index is 12.3. The minimum Gasteiger partial charge on any atom is -0.360 e. The van der Waals surface area contributed by atoms with Crippen molar-refractivity contribution >= 4 is 32.7 Å². The highest BCUT2D eigenvalue weighted by Gasteiger charge is 2.12. The Kier molecular flexibility index (Phi) is 5.76. The van der Waals surface area contributed by atoms with Crippen LogP contribution in [-0.4, -0.2) is 38.3 Å². The van der Waals surface area contributed by atoms with Crippen LogP contribution in [0.25, 0.3) is 10.9 Å². The van der Waals surface area contributed by atoms with Gasteiger partial charge in [-0.15, -0.1) is 0 Å². The van der Waals surface area contributed by atoms with E-state index in [9.17, 15) is 18.0 Å². The van der Waals surface area contributed by atoms with Crippen LogP contribution < -0.4 is 15.8 Å². The second kappa shape index (κ2) is 8.24. The summed E-state index contributed by atoms with van der Waals surface area (Å²) in [6.45, 7) is 0.221. The Labute approximate surface area is 162 Å². The molecule has 0 saturated heterocycles. The van der Waals surface area contributed by atoms with Gasteiger partial charge in [0, 0.05) is 23.6 Å². The molecule has 2 amide bonds. The van der Waals surface area contributed by atoms with Gasteiger partial charge < -0.3 is 15.6 Å². The summed E-state index contributed by atoms with van der Waals surface area (Å²) in [6, 6.07) is 13.6. The van der Waals surface area contributed by atoms with Crippen molar-refractivity contribution in [2.45, 2.75) is 11.3 Å². The molecule has 3 rings (SSSR count). The molecule has 0 radical (unpaired) electrons. The number of nitrogens with one attached hydrogen (secondary N) is 3. The molecule has 0 aliphatic rings.